The van der Waals surface area contributed by atoms with Gasteiger partial charge in [-0.25, -0.2) is 4.39 Å². The van der Waals surface area contributed by atoms with Gasteiger partial charge in [0.25, 0.3) is 0 Å². The van der Waals surface area contributed by atoms with Gasteiger partial charge in [-0.2, -0.15) is 0 Å². The van der Waals surface area contributed by atoms with Gasteiger partial charge in [0.2, 0.25) is 0 Å². The summed E-state index contributed by atoms with van der Waals surface area (Å²) in [5.41, 5.74) is 8.33. The van der Waals surface area contributed by atoms with Crippen LogP contribution < -0.4 is 5.73 Å². The molecule has 0 saturated carbocycles. The van der Waals surface area contributed by atoms with Crippen LogP contribution in [0.15, 0.2) is 12.1 Å². The van der Waals surface area contributed by atoms with Gasteiger partial charge in [-0.05, 0) is 38.0 Å². The third-order valence-electron chi connectivity index (χ3n) is 2.19. The maximum atomic E-state index is 13.2. The fourth-order valence-electron chi connectivity index (χ4n) is 1.36. The average molecular weight is 167 g/mol. The van der Waals surface area contributed by atoms with Crippen molar-refractivity contribution in [1.29, 1.82) is 0 Å². The highest BCUT2D eigenvalue weighted by molar-refractivity contribution is 5.36. The second-order valence-electron chi connectivity index (χ2n) is 3.19. The minimum absolute atomic E-state index is 0.201. The average Bonchev–Trinajstić information content (AvgIpc) is 1.97. The van der Waals surface area contributed by atoms with Gasteiger partial charge in [-0.3, -0.25) is 0 Å². The molecule has 12 heavy (non-hydrogen) atoms. The molecule has 0 aliphatic carbocycles. The van der Waals surface area contributed by atoms with Crippen LogP contribution in [0.5, 0.6) is 0 Å². The van der Waals surface area contributed by atoms with Crippen molar-refractivity contribution in [2.45, 2.75) is 26.8 Å². The number of hydrogen-bond donors (Lipinski definition) is 1. The Bertz CT molecular complexity index is 292. The molecule has 2 N–H and O–H groups in total. The maximum absolute atomic E-state index is 13.2. The molecule has 0 spiro atoms. The zero-order chi connectivity index (χ0) is 9.30. The molecule has 0 saturated heterocycles. The van der Waals surface area contributed by atoms with Crippen LogP contribution in [0.1, 0.15) is 29.7 Å². The molecular weight excluding hydrogens is 153 g/mol. The fraction of sp³-hybridized carbons (Fsp3) is 0.400. The molecule has 0 bridgehead atoms. The zero-order valence-corrected chi connectivity index (χ0v) is 7.69. The van der Waals surface area contributed by atoms with Crippen molar-refractivity contribution >= 4 is 0 Å². The van der Waals surface area contributed by atoms with E-state index in [2.05, 4.69) is 0 Å². The standard InChI is InChI=1S/C10H14FN/c1-6-4-5-9(11)10(7(6)2)8(3)12/h4-5,8H,12H2,1-3H3. The third kappa shape index (κ3) is 1.48. The summed E-state index contributed by atoms with van der Waals surface area (Å²) in [6, 6.07) is 3.02. The molecule has 1 atom stereocenters. The van der Waals surface area contributed by atoms with Crippen LogP contribution in [0.4, 0.5) is 4.39 Å². The molecule has 1 aromatic carbocycles. The number of rotatable bonds is 1. The van der Waals surface area contributed by atoms with Gasteiger partial charge in [0, 0.05) is 11.6 Å². The summed E-state index contributed by atoms with van der Waals surface area (Å²) in [4.78, 5) is 0. The van der Waals surface area contributed by atoms with Crippen LogP contribution in [0, 0.1) is 19.7 Å². The second kappa shape index (κ2) is 3.23. The van der Waals surface area contributed by atoms with E-state index in [1.165, 1.54) is 6.07 Å². The van der Waals surface area contributed by atoms with E-state index in [1.54, 1.807) is 13.0 Å². The van der Waals surface area contributed by atoms with Crippen molar-refractivity contribution < 1.29 is 4.39 Å². The maximum Gasteiger partial charge on any atom is 0.128 e. The number of aryl methyl sites for hydroxylation is 1. The fourth-order valence-corrected chi connectivity index (χ4v) is 1.36. The Morgan fingerprint density at radius 1 is 1.33 bits per heavy atom. The predicted molar refractivity (Wildman–Crippen MR) is 48.5 cm³/mol. The number of hydrogen-bond acceptors (Lipinski definition) is 1. The van der Waals surface area contributed by atoms with Crippen LogP contribution >= 0.6 is 0 Å². The number of nitrogens with two attached hydrogens (primary N) is 1. The van der Waals surface area contributed by atoms with E-state index in [1.807, 2.05) is 13.8 Å². The van der Waals surface area contributed by atoms with Crippen molar-refractivity contribution in [2.75, 3.05) is 0 Å². The van der Waals surface area contributed by atoms with Crippen molar-refractivity contribution in [3.05, 3.63) is 34.6 Å². The summed E-state index contributed by atoms with van der Waals surface area (Å²) < 4.78 is 13.2. The Balaban J connectivity index is 3.33. The largest absolute Gasteiger partial charge is 0.324 e. The lowest BCUT2D eigenvalue weighted by molar-refractivity contribution is 0.590. The SMILES string of the molecule is Cc1ccc(F)c(C(C)N)c1C. The molecule has 0 radical (unpaired) electrons. The van der Waals surface area contributed by atoms with E-state index in [0.29, 0.717) is 5.56 Å². The Kier molecular flexibility index (Phi) is 2.48. The van der Waals surface area contributed by atoms with Gasteiger partial charge in [-0.1, -0.05) is 6.07 Å². The Morgan fingerprint density at radius 2 is 1.92 bits per heavy atom. The van der Waals surface area contributed by atoms with Crippen LogP contribution in [-0.2, 0) is 0 Å². The molecule has 0 heterocycles. The quantitative estimate of drug-likeness (QED) is 0.683. The Hall–Kier alpha value is -0.890. The van der Waals surface area contributed by atoms with Gasteiger partial charge in [0.1, 0.15) is 5.82 Å². The first-order chi connectivity index (χ1) is 5.54. The summed E-state index contributed by atoms with van der Waals surface area (Å²) in [6.07, 6.45) is 0. The van der Waals surface area contributed by atoms with Crippen LogP contribution in [0.25, 0.3) is 0 Å². The Labute approximate surface area is 72.4 Å². The first-order valence-electron chi connectivity index (χ1n) is 4.05. The van der Waals surface area contributed by atoms with Gasteiger partial charge < -0.3 is 5.73 Å². The van der Waals surface area contributed by atoms with Crippen molar-refractivity contribution in [1.82, 2.24) is 0 Å². The molecule has 2 heteroatoms. The molecule has 66 valence electrons. The minimum atomic E-state index is -0.232. The van der Waals surface area contributed by atoms with Crippen molar-refractivity contribution in [3.63, 3.8) is 0 Å². The summed E-state index contributed by atoms with van der Waals surface area (Å²) in [5, 5.41) is 0. The molecule has 0 aromatic heterocycles. The topological polar surface area (TPSA) is 26.0 Å². The van der Waals surface area contributed by atoms with Gasteiger partial charge in [-0.15, -0.1) is 0 Å². The van der Waals surface area contributed by atoms with Gasteiger partial charge >= 0.3 is 0 Å². The highest BCUT2D eigenvalue weighted by atomic mass is 19.1. The lowest BCUT2D eigenvalue weighted by Gasteiger charge is -2.12. The number of benzene rings is 1. The highest BCUT2D eigenvalue weighted by Gasteiger charge is 2.10. The molecule has 1 unspecified atom stereocenters. The molecular formula is C10H14FN. The van der Waals surface area contributed by atoms with Crippen LogP contribution in [0.2, 0.25) is 0 Å². The minimum Gasteiger partial charge on any atom is -0.324 e. The summed E-state index contributed by atoms with van der Waals surface area (Å²) >= 11 is 0. The van der Waals surface area contributed by atoms with Gasteiger partial charge in [0.15, 0.2) is 0 Å². The first kappa shape index (κ1) is 9.20. The summed E-state index contributed by atoms with van der Waals surface area (Å²) in [7, 11) is 0. The van der Waals surface area contributed by atoms with E-state index in [4.69, 9.17) is 5.73 Å². The van der Waals surface area contributed by atoms with Crippen molar-refractivity contribution in [2.24, 2.45) is 5.73 Å². The summed E-state index contributed by atoms with van der Waals surface area (Å²) in [6.45, 7) is 5.66. The normalized spacial score (nSPS) is 13.1. The van der Waals surface area contributed by atoms with E-state index >= 15 is 0 Å². The molecule has 0 aliphatic heterocycles. The van der Waals surface area contributed by atoms with E-state index in [-0.39, 0.29) is 11.9 Å². The molecule has 0 fully saturated rings. The summed E-state index contributed by atoms with van der Waals surface area (Å²) in [5.74, 6) is -0.201. The molecule has 0 amide bonds. The first-order valence-corrected chi connectivity index (χ1v) is 4.05. The van der Waals surface area contributed by atoms with Gasteiger partial charge in [0.05, 0.1) is 0 Å². The smallest absolute Gasteiger partial charge is 0.128 e. The molecule has 1 rings (SSSR count). The second-order valence-corrected chi connectivity index (χ2v) is 3.19. The molecule has 1 aromatic rings. The Morgan fingerprint density at radius 3 is 2.33 bits per heavy atom. The molecule has 1 nitrogen and oxygen atoms in total. The van der Waals surface area contributed by atoms with Crippen LogP contribution in [0.3, 0.4) is 0 Å². The van der Waals surface area contributed by atoms with E-state index in [9.17, 15) is 4.39 Å². The van der Waals surface area contributed by atoms with E-state index in [0.717, 1.165) is 11.1 Å². The predicted octanol–water partition coefficient (Wildman–Crippen LogP) is 2.46. The lowest BCUT2D eigenvalue weighted by Crippen LogP contribution is -2.10. The lowest BCUT2D eigenvalue weighted by atomic mass is 9.98. The zero-order valence-electron chi connectivity index (χ0n) is 7.69. The van der Waals surface area contributed by atoms with E-state index < -0.39 is 0 Å². The van der Waals surface area contributed by atoms with Crippen molar-refractivity contribution in [3.8, 4) is 0 Å². The third-order valence-corrected chi connectivity index (χ3v) is 2.19. The number of halogens is 1. The highest BCUT2D eigenvalue weighted by Crippen LogP contribution is 2.21. The van der Waals surface area contributed by atoms with Crippen LogP contribution in [-0.4, -0.2) is 0 Å². The molecule has 0 aliphatic rings. The monoisotopic (exact) mass is 167 g/mol.